The molecule has 3 nitrogen and oxygen atoms in total. The van der Waals surface area contributed by atoms with Crippen molar-refractivity contribution in [2.24, 2.45) is 0 Å². The Hall–Kier alpha value is 0.170. The van der Waals surface area contributed by atoms with E-state index in [-0.39, 0.29) is 19.0 Å². The number of rotatable bonds is 3. The van der Waals surface area contributed by atoms with E-state index in [1.165, 1.54) is 6.92 Å². The maximum atomic E-state index is 8.11. The van der Waals surface area contributed by atoms with Crippen molar-refractivity contribution in [1.29, 1.82) is 0 Å². The number of hydrogen-bond acceptors (Lipinski definition) is 3. The van der Waals surface area contributed by atoms with Crippen LogP contribution in [0.5, 0.6) is 0 Å². The Balaban J connectivity index is -0.000000126. The molecule has 0 aliphatic rings. The Labute approximate surface area is 81.8 Å². The summed E-state index contributed by atoms with van der Waals surface area (Å²) in [6.45, 7) is 8.03. The normalized spacial score (nSPS) is 11.2. The van der Waals surface area contributed by atoms with Gasteiger partial charge in [-0.2, -0.15) is 0 Å². The van der Waals surface area contributed by atoms with Crippen LogP contribution in [0, 0.1) is 0 Å². The van der Waals surface area contributed by atoms with Crippen LogP contribution >= 0.6 is 12.4 Å². The topological polar surface area (TPSA) is 43.7 Å². The van der Waals surface area contributed by atoms with Crippen LogP contribution in [0.2, 0.25) is 0 Å². The lowest BCUT2D eigenvalue weighted by Gasteiger charge is -2.07. The molecular formula is C8H22ClNO2. The highest BCUT2D eigenvalue weighted by molar-refractivity contribution is 5.85. The van der Waals surface area contributed by atoms with Gasteiger partial charge in [0, 0.05) is 0 Å². The highest BCUT2D eigenvalue weighted by atomic mass is 35.5. The van der Waals surface area contributed by atoms with Crippen molar-refractivity contribution in [2.45, 2.75) is 26.9 Å². The predicted octanol–water partition coefficient (Wildman–Crippen LogP) is 0.739. The molecule has 2 N–H and O–H groups in total. The molecule has 0 saturated heterocycles. The van der Waals surface area contributed by atoms with Gasteiger partial charge < -0.3 is 15.1 Å². The zero-order valence-corrected chi connectivity index (χ0v) is 9.27. The molecule has 12 heavy (non-hydrogen) atoms. The Bertz CT molecular complexity index is 68.1. The predicted molar refractivity (Wildman–Crippen MR) is 54.9 cm³/mol. The summed E-state index contributed by atoms with van der Waals surface area (Å²) in [6.07, 6.45) is -0.560. The molecule has 0 radical (unpaired) electrons. The van der Waals surface area contributed by atoms with E-state index in [1.807, 2.05) is 0 Å². The van der Waals surface area contributed by atoms with Crippen LogP contribution in [0.3, 0.4) is 0 Å². The molecule has 0 aromatic rings. The van der Waals surface area contributed by atoms with E-state index in [0.29, 0.717) is 0 Å². The van der Waals surface area contributed by atoms with Crippen molar-refractivity contribution in [3.05, 3.63) is 0 Å². The van der Waals surface area contributed by atoms with E-state index in [1.54, 1.807) is 0 Å². The zero-order valence-electron chi connectivity index (χ0n) is 8.45. The van der Waals surface area contributed by atoms with Gasteiger partial charge in [-0.05, 0) is 27.1 Å². The van der Waals surface area contributed by atoms with Gasteiger partial charge in [0.05, 0.1) is 12.7 Å². The van der Waals surface area contributed by atoms with E-state index < -0.39 is 6.10 Å². The molecule has 0 saturated carbocycles. The van der Waals surface area contributed by atoms with E-state index in [2.05, 4.69) is 25.8 Å². The Morgan fingerprint density at radius 1 is 1.25 bits per heavy atom. The fourth-order valence-electron chi connectivity index (χ4n) is 0.224. The number of hydrogen-bond donors (Lipinski definition) is 2. The minimum Gasteiger partial charge on any atom is -0.394 e. The standard InChI is InChI=1S/C5H13N.C3H8O2.ClH/c1-4-6(3)5-2;1-3(5)2-4;/h4-5H2,1-3H3;3-5H,2H2,1H3;1H. The smallest absolute Gasteiger partial charge is 0.0742 e. The van der Waals surface area contributed by atoms with Gasteiger partial charge in [-0.3, -0.25) is 0 Å². The molecule has 0 fully saturated rings. The molecule has 0 rings (SSSR count). The van der Waals surface area contributed by atoms with Crippen LogP contribution in [-0.4, -0.2) is 48.0 Å². The van der Waals surface area contributed by atoms with Gasteiger partial charge in [-0.1, -0.05) is 13.8 Å². The molecule has 1 unspecified atom stereocenters. The van der Waals surface area contributed by atoms with Gasteiger partial charge in [0.1, 0.15) is 0 Å². The van der Waals surface area contributed by atoms with Gasteiger partial charge in [-0.15, -0.1) is 12.4 Å². The monoisotopic (exact) mass is 199 g/mol. The van der Waals surface area contributed by atoms with E-state index in [4.69, 9.17) is 10.2 Å². The highest BCUT2D eigenvalue weighted by Crippen LogP contribution is 1.73. The van der Waals surface area contributed by atoms with Gasteiger partial charge >= 0.3 is 0 Å². The lowest BCUT2D eigenvalue weighted by atomic mass is 10.5. The van der Waals surface area contributed by atoms with E-state index in [9.17, 15) is 0 Å². The molecule has 0 heterocycles. The van der Waals surface area contributed by atoms with Crippen LogP contribution in [0.15, 0.2) is 0 Å². The average molecular weight is 200 g/mol. The molecule has 0 spiro atoms. The maximum absolute atomic E-state index is 8.11. The first-order chi connectivity index (χ1) is 5.08. The second-order valence-electron chi connectivity index (χ2n) is 2.52. The molecule has 0 aliphatic heterocycles. The summed E-state index contributed by atoms with van der Waals surface area (Å²) in [5.41, 5.74) is 0. The second-order valence-corrected chi connectivity index (χ2v) is 2.52. The van der Waals surface area contributed by atoms with Crippen molar-refractivity contribution in [2.75, 3.05) is 26.7 Å². The number of nitrogens with zero attached hydrogens (tertiary/aromatic N) is 1. The number of aliphatic hydroxyl groups is 2. The van der Waals surface area contributed by atoms with E-state index in [0.717, 1.165) is 13.1 Å². The SMILES string of the molecule is CC(O)CO.CCN(C)CC.Cl. The first kappa shape index (κ1) is 18.1. The molecule has 4 heteroatoms. The average Bonchev–Trinajstić information content (AvgIpc) is 2.04. The van der Waals surface area contributed by atoms with Crippen LogP contribution in [0.1, 0.15) is 20.8 Å². The third-order valence-corrected chi connectivity index (χ3v) is 1.34. The van der Waals surface area contributed by atoms with Crippen molar-refractivity contribution >= 4 is 12.4 Å². The summed E-state index contributed by atoms with van der Waals surface area (Å²) >= 11 is 0. The summed E-state index contributed by atoms with van der Waals surface area (Å²) in [5, 5.41) is 16.0. The van der Waals surface area contributed by atoms with Crippen LogP contribution < -0.4 is 0 Å². The Morgan fingerprint density at radius 3 is 1.50 bits per heavy atom. The zero-order chi connectivity index (χ0) is 9.28. The molecule has 1 atom stereocenters. The van der Waals surface area contributed by atoms with Gasteiger partial charge in [0.2, 0.25) is 0 Å². The summed E-state index contributed by atoms with van der Waals surface area (Å²) in [7, 11) is 2.11. The lowest BCUT2D eigenvalue weighted by molar-refractivity contribution is 0.110. The maximum Gasteiger partial charge on any atom is 0.0742 e. The van der Waals surface area contributed by atoms with Crippen molar-refractivity contribution in [1.82, 2.24) is 4.90 Å². The first-order valence-corrected chi connectivity index (χ1v) is 4.05. The van der Waals surface area contributed by atoms with Crippen LogP contribution in [0.25, 0.3) is 0 Å². The fourth-order valence-corrected chi connectivity index (χ4v) is 0.224. The summed E-state index contributed by atoms with van der Waals surface area (Å²) < 4.78 is 0. The van der Waals surface area contributed by atoms with Crippen molar-refractivity contribution in [3.8, 4) is 0 Å². The van der Waals surface area contributed by atoms with Crippen molar-refractivity contribution in [3.63, 3.8) is 0 Å². The van der Waals surface area contributed by atoms with Crippen LogP contribution in [-0.2, 0) is 0 Å². The second kappa shape index (κ2) is 13.7. The molecule has 0 aromatic carbocycles. The number of aliphatic hydroxyl groups excluding tert-OH is 2. The molecule has 0 aromatic heterocycles. The van der Waals surface area contributed by atoms with Gasteiger partial charge in [0.25, 0.3) is 0 Å². The number of halogens is 1. The summed E-state index contributed by atoms with van der Waals surface area (Å²) in [4.78, 5) is 2.25. The molecular weight excluding hydrogens is 178 g/mol. The summed E-state index contributed by atoms with van der Waals surface area (Å²) in [5.74, 6) is 0. The third kappa shape index (κ3) is 22.5. The minimum absolute atomic E-state index is 0. The van der Waals surface area contributed by atoms with Gasteiger partial charge in [0.15, 0.2) is 0 Å². The summed E-state index contributed by atoms with van der Waals surface area (Å²) in [6, 6.07) is 0. The highest BCUT2D eigenvalue weighted by Gasteiger charge is 1.83. The lowest BCUT2D eigenvalue weighted by Crippen LogP contribution is -2.15. The largest absolute Gasteiger partial charge is 0.394 e. The van der Waals surface area contributed by atoms with E-state index >= 15 is 0 Å². The third-order valence-electron chi connectivity index (χ3n) is 1.34. The molecule has 0 amide bonds. The first-order valence-electron chi connectivity index (χ1n) is 4.05. The minimum atomic E-state index is -0.560. The van der Waals surface area contributed by atoms with Crippen LogP contribution in [0.4, 0.5) is 0 Å². The van der Waals surface area contributed by atoms with Gasteiger partial charge in [-0.25, -0.2) is 0 Å². The Morgan fingerprint density at radius 2 is 1.50 bits per heavy atom. The molecule has 78 valence electrons. The Kier molecular flexibility index (Phi) is 20.7. The van der Waals surface area contributed by atoms with Crippen molar-refractivity contribution < 1.29 is 10.2 Å². The quantitative estimate of drug-likeness (QED) is 0.705. The molecule has 0 bridgehead atoms. The molecule has 0 aliphatic carbocycles. The fraction of sp³-hybridized carbons (Fsp3) is 1.00.